The summed E-state index contributed by atoms with van der Waals surface area (Å²) in [5.41, 5.74) is 0.715. The van der Waals surface area contributed by atoms with Gasteiger partial charge in [-0.3, -0.25) is 6.79 Å². The molecule has 0 bridgehead atoms. The van der Waals surface area contributed by atoms with Crippen LogP contribution in [-0.4, -0.2) is 6.79 Å². The summed E-state index contributed by atoms with van der Waals surface area (Å²) in [6.07, 6.45) is 0. The van der Waals surface area contributed by atoms with E-state index in [4.69, 9.17) is 10.1 Å². The van der Waals surface area contributed by atoms with Gasteiger partial charge in [-0.25, -0.2) is 0 Å². The van der Waals surface area contributed by atoms with Crippen LogP contribution >= 0.6 is 0 Å². The number of hydrogen-bond donors (Lipinski definition) is 0. The van der Waals surface area contributed by atoms with Crippen molar-refractivity contribution in [1.82, 2.24) is 0 Å². The maximum absolute atomic E-state index is 8.29. The molecule has 0 atom stereocenters. The maximum atomic E-state index is 8.29. The quantitative estimate of drug-likeness (QED) is 0.534. The molecule has 0 aliphatic carbocycles. The van der Waals surface area contributed by atoms with Crippen molar-refractivity contribution >= 4 is 6.79 Å². The molecule has 1 rings (SSSR count). The predicted molar refractivity (Wildman–Crippen MR) is 37.9 cm³/mol. The van der Waals surface area contributed by atoms with E-state index in [9.17, 15) is 0 Å². The number of nitrogens with zero attached hydrogens (tertiary/aromatic N) is 1. The van der Waals surface area contributed by atoms with Crippen LogP contribution in [-0.2, 0) is 25.9 Å². The van der Waals surface area contributed by atoms with Crippen LogP contribution in [0.2, 0.25) is 0 Å². The fourth-order valence-corrected chi connectivity index (χ4v) is 0.513. The molecule has 0 heterocycles. The average Bonchev–Trinajstić information content (AvgIpc) is 2.10. The molecular formula is C8H6NOW-. The Morgan fingerprint density at radius 2 is 1.64 bits per heavy atom. The van der Waals surface area contributed by atoms with Crippen molar-refractivity contribution < 1.29 is 25.9 Å². The Bertz CT molecular complexity index is 217. The molecule has 0 spiro atoms. The van der Waals surface area contributed by atoms with Crippen LogP contribution in [0.25, 0.3) is 0 Å². The van der Waals surface area contributed by atoms with Crippen molar-refractivity contribution in [2.45, 2.75) is 0 Å². The largest absolute Gasteiger partial charge is 0.545 e. The van der Waals surface area contributed by atoms with E-state index in [0.717, 1.165) is 0 Å². The second kappa shape index (κ2) is 9.07. The number of carbonyl (C=O) groups excluding carboxylic acids is 1. The van der Waals surface area contributed by atoms with Gasteiger partial charge < -0.3 is 4.79 Å². The molecule has 0 radical (unpaired) electrons. The van der Waals surface area contributed by atoms with Gasteiger partial charge in [0.25, 0.3) is 0 Å². The Morgan fingerprint density at radius 3 is 1.91 bits per heavy atom. The Kier molecular flexibility index (Phi) is 10.5. The van der Waals surface area contributed by atoms with Gasteiger partial charge in [0, 0.05) is 21.1 Å². The minimum Gasteiger partial charge on any atom is -0.545 e. The number of nitriles is 1. The smallest absolute Gasteiger partial charge is 0.0991 e. The Hall–Kier alpha value is -0.932. The van der Waals surface area contributed by atoms with Crippen LogP contribution in [0.4, 0.5) is 0 Å². The molecule has 0 N–H and O–H groups in total. The van der Waals surface area contributed by atoms with Crippen LogP contribution in [0.3, 0.4) is 0 Å². The summed E-state index contributed by atoms with van der Waals surface area (Å²) in [6.45, 7) is 3.25. The summed E-state index contributed by atoms with van der Waals surface area (Å²) in [7, 11) is 0. The van der Waals surface area contributed by atoms with E-state index >= 15 is 0 Å². The van der Waals surface area contributed by atoms with Gasteiger partial charge >= 0.3 is 0 Å². The van der Waals surface area contributed by atoms with Crippen LogP contribution in [0.1, 0.15) is 5.56 Å². The zero-order valence-corrected chi connectivity index (χ0v) is 8.66. The Balaban J connectivity index is 0. The first-order valence-electron chi connectivity index (χ1n) is 2.62. The van der Waals surface area contributed by atoms with Crippen LogP contribution in [0.5, 0.6) is 0 Å². The zero-order valence-electron chi connectivity index (χ0n) is 5.73. The van der Waals surface area contributed by atoms with Crippen molar-refractivity contribution in [3.8, 4) is 6.07 Å². The van der Waals surface area contributed by atoms with E-state index in [1.165, 1.54) is 0 Å². The monoisotopic (exact) mass is 316 g/mol. The Morgan fingerprint density at radius 1 is 1.18 bits per heavy atom. The molecular weight excluding hydrogens is 310 g/mol. The SMILES string of the molecule is N#Cc1ccccc1.[CH-]=O.[W]. The first kappa shape index (κ1) is 12.7. The van der Waals surface area contributed by atoms with Crippen LogP contribution in [0.15, 0.2) is 30.3 Å². The number of rotatable bonds is 0. The molecule has 0 unspecified atom stereocenters. The van der Waals surface area contributed by atoms with E-state index in [1.807, 2.05) is 24.3 Å². The molecule has 2 nitrogen and oxygen atoms in total. The van der Waals surface area contributed by atoms with Crippen molar-refractivity contribution in [3.05, 3.63) is 35.9 Å². The molecule has 0 aromatic heterocycles. The minimum absolute atomic E-state index is 0. The molecule has 0 amide bonds. The van der Waals surface area contributed by atoms with E-state index in [0.29, 0.717) is 5.56 Å². The summed E-state index contributed by atoms with van der Waals surface area (Å²) in [4.78, 5) is 7.75. The fourth-order valence-electron chi connectivity index (χ4n) is 0.513. The normalized spacial score (nSPS) is 6.09. The minimum atomic E-state index is 0. The van der Waals surface area contributed by atoms with E-state index in [1.54, 1.807) is 12.1 Å². The maximum Gasteiger partial charge on any atom is 0.0991 e. The van der Waals surface area contributed by atoms with Crippen LogP contribution < -0.4 is 0 Å². The first-order valence-corrected chi connectivity index (χ1v) is 2.62. The number of hydrogen-bond acceptors (Lipinski definition) is 2. The fraction of sp³-hybridized carbons (Fsp3) is 0. The third-order valence-corrected chi connectivity index (χ3v) is 0.903. The topological polar surface area (TPSA) is 40.9 Å². The Labute approximate surface area is 80.1 Å². The van der Waals surface area contributed by atoms with Gasteiger partial charge in [0.15, 0.2) is 0 Å². The van der Waals surface area contributed by atoms with Gasteiger partial charge in [-0.2, -0.15) is 5.26 Å². The van der Waals surface area contributed by atoms with Crippen molar-refractivity contribution in [1.29, 1.82) is 5.26 Å². The zero-order chi connectivity index (χ0) is 7.82. The second-order valence-electron chi connectivity index (χ2n) is 1.48. The van der Waals surface area contributed by atoms with Gasteiger partial charge in [0.2, 0.25) is 0 Å². The molecule has 1 aromatic rings. The van der Waals surface area contributed by atoms with Gasteiger partial charge in [0.1, 0.15) is 0 Å². The molecule has 0 aliphatic rings. The third-order valence-electron chi connectivity index (χ3n) is 0.903. The molecule has 3 heteroatoms. The average molecular weight is 316 g/mol. The standard InChI is InChI=1S/C7H5N.CHO.W/c8-6-7-4-2-1-3-5-7;1-2;/h1-5H;1H;/q;-1;. The third kappa shape index (κ3) is 5.51. The molecule has 0 aliphatic heterocycles. The van der Waals surface area contributed by atoms with Crippen molar-refractivity contribution in [3.63, 3.8) is 0 Å². The summed E-state index contributed by atoms with van der Waals surface area (Å²) in [5, 5.41) is 8.29. The molecule has 0 saturated carbocycles. The molecule has 1 aromatic carbocycles. The van der Waals surface area contributed by atoms with Crippen molar-refractivity contribution in [2.24, 2.45) is 0 Å². The summed E-state index contributed by atoms with van der Waals surface area (Å²) in [5.74, 6) is 0. The van der Waals surface area contributed by atoms with Gasteiger partial charge in [0.05, 0.1) is 11.6 Å². The molecule has 11 heavy (non-hydrogen) atoms. The molecule has 0 fully saturated rings. The summed E-state index contributed by atoms with van der Waals surface area (Å²) >= 11 is 0. The van der Waals surface area contributed by atoms with Gasteiger partial charge in [-0.05, 0) is 12.1 Å². The first-order chi connectivity index (χ1) is 4.93. The molecule has 56 valence electrons. The van der Waals surface area contributed by atoms with E-state index < -0.39 is 0 Å². The van der Waals surface area contributed by atoms with E-state index in [-0.39, 0.29) is 21.1 Å². The summed E-state index contributed by atoms with van der Waals surface area (Å²) in [6, 6.07) is 11.2. The van der Waals surface area contributed by atoms with Crippen LogP contribution in [0, 0.1) is 11.3 Å². The second-order valence-corrected chi connectivity index (χ2v) is 1.48. The van der Waals surface area contributed by atoms with E-state index in [2.05, 4.69) is 6.79 Å². The molecule has 0 saturated heterocycles. The van der Waals surface area contributed by atoms with Crippen molar-refractivity contribution in [2.75, 3.05) is 0 Å². The van der Waals surface area contributed by atoms with Gasteiger partial charge in [-0.1, -0.05) is 18.2 Å². The number of benzene rings is 1. The van der Waals surface area contributed by atoms with Gasteiger partial charge in [-0.15, -0.1) is 0 Å². The summed E-state index contributed by atoms with van der Waals surface area (Å²) < 4.78 is 0. The predicted octanol–water partition coefficient (Wildman–Crippen LogP) is 1.28.